The van der Waals surface area contributed by atoms with Crippen LogP contribution in [-0.2, 0) is 6.54 Å². The highest BCUT2D eigenvalue weighted by Gasteiger charge is 2.09. The maximum absolute atomic E-state index is 9.05. The Morgan fingerprint density at radius 3 is 2.62 bits per heavy atom. The zero-order valence-electron chi connectivity index (χ0n) is 9.15. The second kappa shape index (κ2) is 4.73. The molecule has 0 saturated carbocycles. The molecule has 2 rings (SSSR count). The van der Waals surface area contributed by atoms with Gasteiger partial charge in [0.05, 0.1) is 6.61 Å². The molecule has 1 N–H and O–H groups in total. The number of benzene rings is 1. The Bertz CT molecular complexity index is 490. The maximum Gasteiger partial charge on any atom is 0.0610 e. The lowest BCUT2D eigenvalue weighted by atomic mass is 10.1. The van der Waals surface area contributed by atoms with Gasteiger partial charge in [0.25, 0.3) is 0 Å². The summed E-state index contributed by atoms with van der Waals surface area (Å²) in [6.07, 6.45) is 0. The number of aryl methyl sites for hydroxylation is 1. The molecule has 3 heteroatoms. The Labute approximate surface area is 100 Å². The second-order valence-corrected chi connectivity index (χ2v) is 4.12. The molecule has 0 aliphatic rings. The van der Waals surface area contributed by atoms with E-state index in [4.69, 9.17) is 16.7 Å². The summed E-state index contributed by atoms with van der Waals surface area (Å²) >= 11 is 6.16. The van der Waals surface area contributed by atoms with Gasteiger partial charge >= 0.3 is 0 Å². The van der Waals surface area contributed by atoms with Crippen molar-refractivity contribution in [3.63, 3.8) is 0 Å². The van der Waals surface area contributed by atoms with Crippen molar-refractivity contribution in [2.45, 2.75) is 13.5 Å². The number of hydrogen-bond donors (Lipinski definition) is 1. The van der Waals surface area contributed by atoms with E-state index >= 15 is 0 Å². The summed E-state index contributed by atoms with van der Waals surface area (Å²) in [6, 6.07) is 11.8. The summed E-state index contributed by atoms with van der Waals surface area (Å²) in [6.45, 7) is 2.75. The number of aliphatic hydroxyl groups is 1. The number of rotatable bonds is 3. The highest BCUT2D eigenvalue weighted by Crippen LogP contribution is 2.29. The van der Waals surface area contributed by atoms with E-state index in [0.717, 1.165) is 22.0 Å². The van der Waals surface area contributed by atoms with Crippen LogP contribution in [0.25, 0.3) is 11.3 Å². The van der Waals surface area contributed by atoms with Crippen LogP contribution in [0, 0.1) is 6.92 Å². The number of hydrogen-bond acceptors (Lipinski definition) is 1. The Morgan fingerprint density at radius 1 is 1.19 bits per heavy atom. The van der Waals surface area contributed by atoms with Gasteiger partial charge in [0, 0.05) is 28.5 Å². The second-order valence-electron chi connectivity index (χ2n) is 3.72. The van der Waals surface area contributed by atoms with Crippen molar-refractivity contribution in [3.8, 4) is 11.3 Å². The Balaban J connectivity index is 2.52. The van der Waals surface area contributed by atoms with Gasteiger partial charge < -0.3 is 9.67 Å². The molecule has 1 aromatic carbocycles. The first-order valence-corrected chi connectivity index (χ1v) is 5.63. The van der Waals surface area contributed by atoms with E-state index in [-0.39, 0.29) is 6.61 Å². The van der Waals surface area contributed by atoms with Gasteiger partial charge in [-0.1, -0.05) is 29.8 Å². The number of nitrogens with zero attached hydrogens (tertiary/aromatic N) is 1. The summed E-state index contributed by atoms with van der Waals surface area (Å²) in [5.74, 6) is 0. The van der Waals surface area contributed by atoms with Gasteiger partial charge in [-0.2, -0.15) is 0 Å². The molecule has 0 radical (unpaired) electrons. The molecule has 0 amide bonds. The first kappa shape index (κ1) is 11.2. The third-order valence-electron chi connectivity index (χ3n) is 2.67. The van der Waals surface area contributed by atoms with Crippen LogP contribution in [0.5, 0.6) is 0 Å². The van der Waals surface area contributed by atoms with Crippen molar-refractivity contribution in [2.24, 2.45) is 0 Å². The summed E-state index contributed by atoms with van der Waals surface area (Å²) in [5.41, 5.74) is 3.19. The summed E-state index contributed by atoms with van der Waals surface area (Å²) < 4.78 is 2.07. The van der Waals surface area contributed by atoms with Crippen LogP contribution >= 0.6 is 11.6 Å². The third kappa shape index (κ3) is 1.99. The van der Waals surface area contributed by atoms with Gasteiger partial charge in [0.2, 0.25) is 0 Å². The maximum atomic E-state index is 9.05. The van der Waals surface area contributed by atoms with E-state index in [1.54, 1.807) is 0 Å². The molecule has 0 aliphatic carbocycles. The third-order valence-corrected chi connectivity index (χ3v) is 3.00. The zero-order valence-corrected chi connectivity index (χ0v) is 9.91. The SMILES string of the molecule is Cc1ccc(-c2ccccc2Cl)n1CCO. The van der Waals surface area contributed by atoms with Crippen LogP contribution in [-0.4, -0.2) is 16.3 Å². The molecule has 2 aromatic rings. The minimum Gasteiger partial charge on any atom is -0.395 e. The molecular formula is C13H14ClNO. The standard InChI is InChI=1S/C13H14ClNO/c1-10-6-7-13(15(10)8-9-16)11-4-2-3-5-12(11)14/h2-7,16H,8-9H2,1H3. The van der Waals surface area contributed by atoms with Crippen LogP contribution in [0.2, 0.25) is 5.02 Å². The van der Waals surface area contributed by atoms with Crippen molar-refractivity contribution < 1.29 is 5.11 Å². The van der Waals surface area contributed by atoms with E-state index in [1.807, 2.05) is 43.3 Å². The van der Waals surface area contributed by atoms with Gasteiger partial charge in [0.15, 0.2) is 0 Å². The predicted molar refractivity (Wildman–Crippen MR) is 66.7 cm³/mol. The summed E-state index contributed by atoms with van der Waals surface area (Å²) in [7, 11) is 0. The fraction of sp³-hybridized carbons (Fsp3) is 0.231. The van der Waals surface area contributed by atoms with Gasteiger partial charge in [-0.05, 0) is 25.1 Å². The van der Waals surface area contributed by atoms with E-state index < -0.39 is 0 Å². The molecule has 0 bridgehead atoms. The predicted octanol–water partition coefficient (Wildman–Crippen LogP) is 3.11. The van der Waals surface area contributed by atoms with Crippen molar-refractivity contribution in [1.29, 1.82) is 0 Å². The monoisotopic (exact) mass is 235 g/mol. The lowest BCUT2D eigenvalue weighted by Gasteiger charge is -2.11. The molecule has 0 fully saturated rings. The zero-order chi connectivity index (χ0) is 11.5. The van der Waals surface area contributed by atoms with Crippen LogP contribution < -0.4 is 0 Å². The van der Waals surface area contributed by atoms with Gasteiger partial charge in [-0.25, -0.2) is 0 Å². The quantitative estimate of drug-likeness (QED) is 0.869. The van der Waals surface area contributed by atoms with Crippen LogP contribution in [0.15, 0.2) is 36.4 Å². The lowest BCUT2D eigenvalue weighted by Crippen LogP contribution is -2.05. The minimum atomic E-state index is 0.132. The van der Waals surface area contributed by atoms with Crippen molar-refractivity contribution in [3.05, 3.63) is 47.1 Å². The number of aliphatic hydroxyl groups excluding tert-OH is 1. The summed E-state index contributed by atoms with van der Waals surface area (Å²) in [5, 5.41) is 9.79. The first-order valence-electron chi connectivity index (χ1n) is 5.26. The van der Waals surface area contributed by atoms with Gasteiger partial charge in [-0.15, -0.1) is 0 Å². The average Bonchev–Trinajstić information content (AvgIpc) is 2.62. The fourth-order valence-electron chi connectivity index (χ4n) is 1.87. The number of halogens is 1. The molecule has 1 heterocycles. The van der Waals surface area contributed by atoms with E-state index in [1.165, 1.54) is 0 Å². The molecule has 0 atom stereocenters. The molecule has 16 heavy (non-hydrogen) atoms. The molecule has 0 unspecified atom stereocenters. The van der Waals surface area contributed by atoms with E-state index in [9.17, 15) is 0 Å². The first-order chi connectivity index (χ1) is 7.74. The Kier molecular flexibility index (Phi) is 3.32. The highest BCUT2D eigenvalue weighted by molar-refractivity contribution is 6.33. The molecule has 0 saturated heterocycles. The van der Waals surface area contributed by atoms with Crippen molar-refractivity contribution >= 4 is 11.6 Å². The normalized spacial score (nSPS) is 10.7. The van der Waals surface area contributed by atoms with Gasteiger partial charge in [-0.3, -0.25) is 0 Å². The van der Waals surface area contributed by atoms with Crippen molar-refractivity contribution in [2.75, 3.05) is 6.61 Å². The smallest absolute Gasteiger partial charge is 0.0610 e. The molecular weight excluding hydrogens is 222 g/mol. The topological polar surface area (TPSA) is 25.2 Å². The molecule has 84 valence electrons. The Hall–Kier alpha value is -1.25. The van der Waals surface area contributed by atoms with Crippen LogP contribution in [0.4, 0.5) is 0 Å². The van der Waals surface area contributed by atoms with E-state index in [2.05, 4.69) is 4.57 Å². The lowest BCUT2D eigenvalue weighted by molar-refractivity contribution is 0.276. The van der Waals surface area contributed by atoms with E-state index in [0.29, 0.717) is 6.54 Å². The minimum absolute atomic E-state index is 0.132. The average molecular weight is 236 g/mol. The van der Waals surface area contributed by atoms with Gasteiger partial charge in [0.1, 0.15) is 0 Å². The van der Waals surface area contributed by atoms with Crippen molar-refractivity contribution in [1.82, 2.24) is 4.57 Å². The highest BCUT2D eigenvalue weighted by atomic mass is 35.5. The Morgan fingerprint density at radius 2 is 1.94 bits per heavy atom. The molecule has 0 aliphatic heterocycles. The van der Waals surface area contributed by atoms with Crippen LogP contribution in [0.1, 0.15) is 5.69 Å². The molecule has 2 nitrogen and oxygen atoms in total. The van der Waals surface area contributed by atoms with Crippen LogP contribution in [0.3, 0.4) is 0 Å². The largest absolute Gasteiger partial charge is 0.395 e. The molecule has 1 aromatic heterocycles. The number of aromatic nitrogens is 1. The molecule has 0 spiro atoms. The fourth-order valence-corrected chi connectivity index (χ4v) is 2.10. The summed E-state index contributed by atoms with van der Waals surface area (Å²) in [4.78, 5) is 0.